The van der Waals surface area contributed by atoms with Gasteiger partial charge in [-0.2, -0.15) is 0 Å². The van der Waals surface area contributed by atoms with Crippen molar-refractivity contribution in [3.63, 3.8) is 0 Å². The molecule has 1 aliphatic heterocycles. The molecule has 1 saturated heterocycles. The van der Waals surface area contributed by atoms with Crippen molar-refractivity contribution in [1.82, 2.24) is 20.3 Å². The van der Waals surface area contributed by atoms with Crippen LogP contribution >= 0.6 is 22.7 Å². The van der Waals surface area contributed by atoms with Crippen LogP contribution in [0.2, 0.25) is 0 Å². The molecule has 0 aliphatic carbocycles. The molecule has 0 radical (unpaired) electrons. The van der Waals surface area contributed by atoms with Crippen LogP contribution in [0.15, 0.2) is 44.2 Å². The monoisotopic (exact) mass is 441 g/mol. The zero-order chi connectivity index (χ0) is 19.8. The molecule has 2 aromatic rings. The Hall–Kier alpha value is -1.46. The first kappa shape index (κ1) is 21.3. The Morgan fingerprint density at radius 1 is 1.14 bits per heavy atom. The van der Waals surface area contributed by atoms with Crippen LogP contribution in [0.1, 0.15) is 23.8 Å². The minimum absolute atomic E-state index is 0.293. The lowest BCUT2D eigenvalue weighted by atomic mass is 10.2. The molecule has 10 heteroatoms. The van der Waals surface area contributed by atoms with E-state index in [1.807, 2.05) is 0 Å². The average molecular weight is 442 g/mol. The molecule has 3 rings (SSSR count). The third kappa shape index (κ3) is 5.77. The quantitative estimate of drug-likeness (QED) is 0.315. The van der Waals surface area contributed by atoms with Gasteiger partial charge in [-0.1, -0.05) is 12.1 Å². The van der Waals surface area contributed by atoms with Crippen molar-refractivity contribution in [3.8, 4) is 0 Å². The summed E-state index contributed by atoms with van der Waals surface area (Å²) in [7, 11) is -1.70. The van der Waals surface area contributed by atoms with E-state index in [1.54, 1.807) is 35.9 Å². The van der Waals surface area contributed by atoms with E-state index < -0.39 is 10.0 Å². The summed E-state index contributed by atoms with van der Waals surface area (Å²) in [5, 5.41) is 10.4. The van der Waals surface area contributed by atoms with Gasteiger partial charge in [-0.25, -0.2) is 13.1 Å². The second-order valence-corrected chi connectivity index (χ2v) is 10.4. The Morgan fingerprint density at radius 3 is 2.54 bits per heavy atom. The van der Waals surface area contributed by atoms with Gasteiger partial charge < -0.3 is 10.6 Å². The second kappa shape index (κ2) is 10.4. The molecule has 0 saturated carbocycles. The van der Waals surface area contributed by atoms with Crippen LogP contribution in [0.3, 0.4) is 0 Å². The fourth-order valence-electron chi connectivity index (χ4n) is 3.21. The van der Waals surface area contributed by atoms with Gasteiger partial charge in [-0.3, -0.25) is 9.89 Å². The number of thiophene rings is 2. The van der Waals surface area contributed by atoms with Gasteiger partial charge >= 0.3 is 0 Å². The largest absolute Gasteiger partial charge is 0.355 e. The zero-order valence-electron chi connectivity index (χ0n) is 15.9. The second-order valence-electron chi connectivity index (χ2n) is 6.48. The molecule has 1 atom stereocenters. The number of likely N-dealkylation sites (tertiary alicyclic amines) is 1. The van der Waals surface area contributed by atoms with E-state index >= 15 is 0 Å². The van der Waals surface area contributed by atoms with E-state index in [0.717, 1.165) is 19.6 Å². The van der Waals surface area contributed by atoms with Crippen LogP contribution in [-0.2, 0) is 10.0 Å². The Labute approximate surface area is 174 Å². The van der Waals surface area contributed by atoms with Gasteiger partial charge in [0.25, 0.3) is 0 Å². The first-order valence-corrected chi connectivity index (χ1v) is 12.6. The predicted molar refractivity (Wildman–Crippen MR) is 117 cm³/mol. The Morgan fingerprint density at radius 2 is 1.89 bits per heavy atom. The number of sulfonamides is 1. The maximum absolute atomic E-state index is 12.1. The highest BCUT2D eigenvalue weighted by Crippen LogP contribution is 2.27. The van der Waals surface area contributed by atoms with E-state index in [1.165, 1.54) is 29.1 Å². The standard InChI is InChI=1S/C18H27N5O2S3/c1-19-18(20-8-9-22-28(24,25)17-7-5-13-27-17)21-14-15(16-6-4-12-26-16)23-10-2-3-11-23/h4-7,12-13,15,22H,2-3,8-11,14H2,1H3,(H2,19,20,21). The molecule has 0 amide bonds. The highest BCUT2D eigenvalue weighted by Gasteiger charge is 2.24. The Bertz CT molecular complexity index is 829. The number of rotatable bonds is 9. The first-order valence-electron chi connectivity index (χ1n) is 9.35. The van der Waals surface area contributed by atoms with Gasteiger partial charge in [0.2, 0.25) is 10.0 Å². The number of nitrogens with one attached hydrogen (secondary N) is 3. The van der Waals surface area contributed by atoms with Crippen molar-refractivity contribution in [1.29, 1.82) is 0 Å². The summed E-state index contributed by atoms with van der Waals surface area (Å²) >= 11 is 2.99. The molecule has 0 bridgehead atoms. The Kier molecular flexibility index (Phi) is 7.86. The fourth-order valence-corrected chi connectivity index (χ4v) is 6.14. The molecule has 1 unspecified atom stereocenters. The van der Waals surface area contributed by atoms with Crippen LogP contribution in [0.4, 0.5) is 0 Å². The van der Waals surface area contributed by atoms with Crippen molar-refractivity contribution in [2.24, 2.45) is 4.99 Å². The van der Waals surface area contributed by atoms with Crippen LogP contribution < -0.4 is 15.4 Å². The van der Waals surface area contributed by atoms with Gasteiger partial charge in [-0.15, -0.1) is 22.7 Å². The molecule has 7 nitrogen and oxygen atoms in total. The summed E-state index contributed by atoms with van der Waals surface area (Å²) in [6.45, 7) is 3.77. The predicted octanol–water partition coefficient (Wildman–Crippen LogP) is 2.09. The van der Waals surface area contributed by atoms with Crippen molar-refractivity contribution < 1.29 is 8.42 Å². The highest BCUT2D eigenvalue weighted by molar-refractivity contribution is 7.91. The van der Waals surface area contributed by atoms with Crippen molar-refractivity contribution in [2.75, 3.05) is 39.8 Å². The summed E-state index contributed by atoms with van der Waals surface area (Å²) in [4.78, 5) is 8.13. The van der Waals surface area contributed by atoms with Gasteiger partial charge in [0.1, 0.15) is 4.21 Å². The van der Waals surface area contributed by atoms with Crippen LogP contribution in [0.5, 0.6) is 0 Å². The van der Waals surface area contributed by atoms with Crippen molar-refractivity contribution in [2.45, 2.75) is 23.1 Å². The van der Waals surface area contributed by atoms with Gasteiger partial charge in [0, 0.05) is 31.6 Å². The SMILES string of the molecule is CN=C(NCCNS(=O)(=O)c1cccs1)NCC(c1cccs1)N1CCCC1. The van der Waals surface area contributed by atoms with Crippen LogP contribution in [-0.4, -0.2) is 59.0 Å². The zero-order valence-corrected chi connectivity index (χ0v) is 18.4. The van der Waals surface area contributed by atoms with E-state index in [0.29, 0.717) is 29.3 Å². The van der Waals surface area contributed by atoms with E-state index in [2.05, 4.69) is 42.8 Å². The first-order chi connectivity index (χ1) is 13.6. The molecule has 2 aromatic heterocycles. The molecule has 1 aliphatic rings. The number of guanidine groups is 1. The molecule has 154 valence electrons. The lowest BCUT2D eigenvalue weighted by molar-refractivity contribution is 0.249. The van der Waals surface area contributed by atoms with Crippen molar-refractivity contribution in [3.05, 3.63) is 39.9 Å². The minimum Gasteiger partial charge on any atom is -0.355 e. The highest BCUT2D eigenvalue weighted by atomic mass is 32.2. The maximum atomic E-state index is 12.1. The number of hydrogen-bond donors (Lipinski definition) is 3. The minimum atomic E-state index is -3.43. The van der Waals surface area contributed by atoms with Crippen LogP contribution in [0.25, 0.3) is 0 Å². The van der Waals surface area contributed by atoms with Crippen molar-refractivity contribution >= 4 is 38.7 Å². The van der Waals surface area contributed by atoms with Crippen LogP contribution in [0, 0.1) is 0 Å². The smallest absolute Gasteiger partial charge is 0.250 e. The normalized spacial score (nSPS) is 17.0. The Balaban J connectivity index is 1.46. The van der Waals surface area contributed by atoms with Gasteiger partial charge in [0.05, 0.1) is 6.04 Å². The molecular formula is C18H27N5O2S3. The molecule has 28 heavy (non-hydrogen) atoms. The molecule has 0 aromatic carbocycles. The summed E-state index contributed by atoms with van der Waals surface area (Å²) in [6, 6.07) is 7.94. The van der Waals surface area contributed by atoms with E-state index in [-0.39, 0.29) is 0 Å². The van der Waals surface area contributed by atoms with Gasteiger partial charge in [-0.05, 0) is 48.8 Å². The lowest BCUT2D eigenvalue weighted by Crippen LogP contribution is -2.44. The average Bonchev–Trinajstić information content (AvgIpc) is 3.46. The number of nitrogens with zero attached hydrogens (tertiary/aromatic N) is 2. The third-order valence-corrected chi connectivity index (χ3v) is 8.44. The third-order valence-electron chi connectivity index (χ3n) is 4.61. The lowest BCUT2D eigenvalue weighted by Gasteiger charge is -2.27. The van der Waals surface area contributed by atoms with Gasteiger partial charge in [0.15, 0.2) is 5.96 Å². The number of aliphatic imine (C=N–C) groups is 1. The summed E-state index contributed by atoms with van der Waals surface area (Å²) < 4.78 is 27.2. The summed E-state index contributed by atoms with van der Waals surface area (Å²) in [5.41, 5.74) is 0. The molecule has 3 heterocycles. The topological polar surface area (TPSA) is 85.8 Å². The summed E-state index contributed by atoms with van der Waals surface area (Å²) in [6.07, 6.45) is 2.50. The summed E-state index contributed by atoms with van der Waals surface area (Å²) in [5.74, 6) is 0.677. The molecule has 1 fully saturated rings. The number of hydrogen-bond acceptors (Lipinski definition) is 6. The maximum Gasteiger partial charge on any atom is 0.250 e. The fraction of sp³-hybridized carbons (Fsp3) is 0.500. The van der Waals surface area contributed by atoms with E-state index in [9.17, 15) is 8.42 Å². The molecule has 0 spiro atoms. The molecule has 3 N–H and O–H groups in total. The van der Waals surface area contributed by atoms with E-state index in [4.69, 9.17) is 0 Å². The molecular weight excluding hydrogens is 414 g/mol.